The molecule has 0 aliphatic carbocycles. The van der Waals surface area contributed by atoms with Crippen molar-refractivity contribution in [1.29, 1.82) is 0 Å². The topological polar surface area (TPSA) is 95.2 Å². The Morgan fingerprint density at radius 1 is 0.963 bits per heavy atom. The van der Waals surface area contributed by atoms with Crippen molar-refractivity contribution in [3.8, 4) is 0 Å². The van der Waals surface area contributed by atoms with Crippen LogP contribution in [0.25, 0.3) is 0 Å². The van der Waals surface area contributed by atoms with Gasteiger partial charge in [-0.05, 0) is 55.1 Å². The van der Waals surface area contributed by atoms with Crippen molar-refractivity contribution in [2.45, 2.75) is 11.5 Å². The highest BCUT2D eigenvalue weighted by atomic mass is 79.9. The Kier molecular flexibility index (Phi) is 12.4. The van der Waals surface area contributed by atoms with Crippen molar-refractivity contribution in [3.05, 3.63) is 57.0 Å². The third-order valence-electron chi connectivity index (χ3n) is 2.75. The third-order valence-corrected chi connectivity index (χ3v) is 5.62. The lowest BCUT2D eigenvalue weighted by atomic mass is 10.3. The zero-order valence-electron chi connectivity index (χ0n) is 14.6. The Bertz CT molecular complexity index is 751. The zero-order chi connectivity index (χ0) is 20.1. The van der Waals surface area contributed by atoms with E-state index >= 15 is 0 Å². The third kappa shape index (κ3) is 12.1. The van der Waals surface area contributed by atoms with Gasteiger partial charge in [0.05, 0.1) is 18.6 Å². The average molecular weight is 537 g/mol. The highest BCUT2D eigenvalue weighted by Gasteiger charge is 2.01. The summed E-state index contributed by atoms with van der Waals surface area (Å²) in [5.41, 5.74) is 7.18. The first-order chi connectivity index (χ1) is 12.9. The quantitative estimate of drug-likeness (QED) is 0.512. The maximum absolute atomic E-state index is 10.8. The molecule has 27 heavy (non-hydrogen) atoms. The number of esters is 1. The molecule has 0 saturated carbocycles. The van der Waals surface area contributed by atoms with Crippen LogP contribution in [-0.2, 0) is 25.8 Å². The summed E-state index contributed by atoms with van der Waals surface area (Å²) in [6, 6.07) is 3.96. The van der Waals surface area contributed by atoms with Crippen molar-refractivity contribution < 1.29 is 14.3 Å². The van der Waals surface area contributed by atoms with E-state index < -0.39 is 0 Å². The predicted molar refractivity (Wildman–Crippen MR) is 117 cm³/mol. The number of pyridine rings is 2. The van der Waals surface area contributed by atoms with Crippen molar-refractivity contribution in [2.75, 3.05) is 18.6 Å². The Labute approximate surface area is 183 Å². The van der Waals surface area contributed by atoms with Crippen molar-refractivity contribution in [3.63, 3.8) is 0 Å². The van der Waals surface area contributed by atoms with E-state index in [2.05, 4.69) is 46.6 Å². The first kappa shape index (κ1) is 23.9. The van der Waals surface area contributed by atoms with Gasteiger partial charge in [0.2, 0.25) is 5.91 Å². The molecule has 2 heterocycles. The Balaban J connectivity index is 0.000000271. The lowest BCUT2D eigenvalue weighted by molar-refractivity contribution is -0.137. The second-order valence-corrected chi connectivity index (χ2v) is 8.85. The van der Waals surface area contributed by atoms with Gasteiger partial charge in [-0.1, -0.05) is 0 Å². The minimum Gasteiger partial charge on any atom is -0.468 e. The first-order valence-electron chi connectivity index (χ1n) is 7.60. The largest absolute Gasteiger partial charge is 0.468 e. The minimum absolute atomic E-state index is 0.196. The molecular formula is C17H19Br2N3O3S2. The van der Waals surface area contributed by atoms with Crippen molar-refractivity contribution >= 4 is 67.3 Å². The van der Waals surface area contributed by atoms with Gasteiger partial charge >= 0.3 is 5.97 Å². The molecule has 10 heteroatoms. The number of hydrogen-bond donors (Lipinski definition) is 1. The second-order valence-electron chi connectivity index (χ2n) is 5.05. The normalized spacial score (nSPS) is 9.89. The van der Waals surface area contributed by atoms with Crippen LogP contribution in [0.2, 0.25) is 0 Å². The Morgan fingerprint density at radius 2 is 1.44 bits per heavy atom. The van der Waals surface area contributed by atoms with Crippen LogP contribution in [0.15, 0.2) is 45.9 Å². The van der Waals surface area contributed by atoms with Gasteiger partial charge < -0.3 is 10.5 Å². The molecule has 1 amide bonds. The number of halogens is 2. The number of amides is 1. The summed E-state index contributed by atoms with van der Waals surface area (Å²) in [6.07, 6.45) is 7.02. The molecule has 2 rings (SSSR count). The summed E-state index contributed by atoms with van der Waals surface area (Å²) in [6.45, 7) is 0. The number of hydrogen-bond acceptors (Lipinski definition) is 7. The summed E-state index contributed by atoms with van der Waals surface area (Å²) >= 11 is 9.65. The number of methoxy groups -OCH3 is 1. The van der Waals surface area contributed by atoms with Gasteiger partial charge in [0, 0.05) is 45.2 Å². The molecule has 0 spiro atoms. The number of thioether (sulfide) groups is 2. The van der Waals surface area contributed by atoms with E-state index in [0.717, 1.165) is 31.6 Å². The number of carbonyl (C=O) groups excluding carboxylic acids is 2. The van der Waals surface area contributed by atoms with Crippen LogP contribution in [0, 0.1) is 0 Å². The fraction of sp³-hybridized carbons (Fsp3) is 0.294. The Morgan fingerprint density at radius 3 is 1.85 bits per heavy atom. The molecule has 6 nitrogen and oxygen atoms in total. The summed E-state index contributed by atoms with van der Waals surface area (Å²) in [5, 5.41) is 0. The summed E-state index contributed by atoms with van der Waals surface area (Å²) in [7, 11) is 1.39. The van der Waals surface area contributed by atoms with E-state index in [4.69, 9.17) is 5.73 Å². The molecule has 2 aromatic rings. The number of carbonyl (C=O) groups is 2. The number of aromatic nitrogens is 2. The van der Waals surface area contributed by atoms with Gasteiger partial charge in [-0.25, -0.2) is 0 Å². The standard InChI is InChI=1S/C9H10BrNO2S.C8H9BrN2OS/c1-13-9(12)6-14-5-7-2-8(10)4-11-3-7;9-7-1-6(2-11-3-7)4-13-5-8(10)12/h2-4H,5-6H2,1H3;1-3H,4-5H2,(H2,10,12). The molecule has 0 radical (unpaired) electrons. The molecule has 0 saturated heterocycles. The summed E-state index contributed by atoms with van der Waals surface area (Å²) < 4.78 is 6.43. The van der Waals surface area contributed by atoms with Gasteiger partial charge in [-0.3, -0.25) is 19.6 Å². The van der Waals surface area contributed by atoms with Gasteiger partial charge in [-0.15, -0.1) is 23.5 Å². The van der Waals surface area contributed by atoms with Crippen LogP contribution in [0.5, 0.6) is 0 Å². The molecule has 0 aliphatic rings. The van der Waals surface area contributed by atoms with Crippen LogP contribution in [0.1, 0.15) is 11.1 Å². The highest BCUT2D eigenvalue weighted by molar-refractivity contribution is 9.10. The molecule has 0 atom stereocenters. The molecule has 2 aromatic heterocycles. The van der Waals surface area contributed by atoms with Crippen LogP contribution < -0.4 is 5.73 Å². The van der Waals surface area contributed by atoms with Gasteiger partial charge in [0.15, 0.2) is 0 Å². The van der Waals surface area contributed by atoms with Crippen LogP contribution >= 0.6 is 55.4 Å². The fourth-order valence-electron chi connectivity index (χ4n) is 1.65. The van der Waals surface area contributed by atoms with E-state index in [-0.39, 0.29) is 11.9 Å². The minimum atomic E-state index is -0.284. The molecule has 0 fully saturated rings. The van der Waals surface area contributed by atoms with E-state index in [1.54, 1.807) is 24.8 Å². The number of ether oxygens (including phenoxy) is 1. The average Bonchev–Trinajstić information content (AvgIpc) is 2.62. The molecule has 2 N–H and O–H groups in total. The summed E-state index contributed by atoms with van der Waals surface area (Å²) in [5.74, 6) is 1.78. The smallest absolute Gasteiger partial charge is 0.315 e. The lowest BCUT2D eigenvalue weighted by Gasteiger charge is -2.00. The van der Waals surface area contributed by atoms with Crippen LogP contribution in [0.3, 0.4) is 0 Å². The maximum Gasteiger partial charge on any atom is 0.315 e. The van der Waals surface area contributed by atoms with E-state index in [1.807, 2.05) is 12.1 Å². The molecule has 146 valence electrons. The lowest BCUT2D eigenvalue weighted by Crippen LogP contribution is -2.13. The molecule has 0 bridgehead atoms. The monoisotopic (exact) mass is 535 g/mol. The van der Waals surface area contributed by atoms with E-state index in [1.165, 1.54) is 30.6 Å². The zero-order valence-corrected chi connectivity index (χ0v) is 19.4. The number of nitrogens with two attached hydrogens (primary N) is 1. The number of rotatable bonds is 8. The van der Waals surface area contributed by atoms with Gasteiger partial charge in [-0.2, -0.15) is 0 Å². The van der Waals surface area contributed by atoms with E-state index in [9.17, 15) is 9.59 Å². The molecule has 0 aromatic carbocycles. The number of primary amides is 1. The second kappa shape index (κ2) is 14.0. The summed E-state index contributed by atoms with van der Waals surface area (Å²) in [4.78, 5) is 29.3. The highest BCUT2D eigenvalue weighted by Crippen LogP contribution is 2.16. The van der Waals surface area contributed by atoms with Crippen LogP contribution in [0.4, 0.5) is 0 Å². The van der Waals surface area contributed by atoms with Gasteiger partial charge in [0.25, 0.3) is 0 Å². The number of nitrogens with zero attached hydrogens (tertiary/aromatic N) is 2. The van der Waals surface area contributed by atoms with Crippen molar-refractivity contribution in [2.24, 2.45) is 5.73 Å². The van der Waals surface area contributed by atoms with Crippen LogP contribution in [-0.4, -0.2) is 40.5 Å². The SMILES string of the molecule is COC(=O)CSCc1cncc(Br)c1.NC(=O)CSCc1cncc(Br)c1. The predicted octanol–water partition coefficient (Wildman–Crippen LogP) is 3.81. The molecule has 0 unspecified atom stereocenters. The van der Waals surface area contributed by atoms with Crippen molar-refractivity contribution in [1.82, 2.24) is 9.97 Å². The fourth-order valence-corrected chi connectivity index (χ4v) is 3.95. The van der Waals surface area contributed by atoms with Gasteiger partial charge in [0.1, 0.15) is 0 Å². The molecule has 0 aliphatic heterocycles. The Hall–Kier alpha value is -1.10. The first-order valence-corrected chi connectivity index (χ1v) is 11.5. The maximum atomic E-state index is 10.8. The molecular weight excluding hydrogens is 518 g/mol. The van der Waals surface area contributed by atoms with E-state index in [0.29, 0.717) is 11.5 Å².